The molecule has 3 atom stereocenters. The monoisotopic (exact) mass is 211 g/mol. The van der Waals surface area contributed by atoms with Crippen molar-refractivity contribution in [2.75, 3.05) is 6.54 Å². The molecule has 0 spiro atoms. The van der Waals surface area contributed by atoms with Crippen LogP contribution >= 0.6 is 0 Å². The Hall–Kier alpha value is -0.0800. The molecular formula is C13H25NO. The molecule has 2 N–H and O–H groups in total. The van der Waals surface area contributed by atoms with Crippen molar-refractivity contribution in [3.8, 4) is 0 Å². The lowest BCUT2D eigenvalue weighted by molar-refractivity contribution is 0.0988. The molecule has 2 fully saturated rings. The molecule has 2 aliphatic rings. The van der Waals surface area contributed by atoms with Crippen LogP contribution in [0.4, 0.5) is 0 Å². The fourth-order valence-electron chi connectivity index (χ4n) is 2.67. The first-order valence-electron chi connectivity index (χ1n) is 6.51. The Morgan fingerprint density at radius 1 is 1.40 bits per heavy atom. The van der Waals surface area contributed by atoms with E-state index in [0.29, 0.717) is 17.4 Å². The first-order valence-corrected chi connectivity index (χ1v) is 6.51. The second kappa shape index (κ2) is 4.42. The van der Waals surface area contributed by atoms with Gasteiger partial charge in [-0.25, -0.2) is 0 Å². The van der Waals surface area contributed by atoms with E-state index < -0.39 is 0 Å². The Bertz CT molecular complexity index is 213. The summed E-state index contributed by atoms with van der Waals surface area (Å²) in [5, 5.41) is 13.3. The molecule has 3 unspecified atom stereocenters. The van der Waals surface area contributed by atoms with Crippen molar-refractivity contribution in [1.82, 2.24) is 5.32 Å². The molecule has 2 nitrogen and oxygen atoms in total. The molecule has 2 aliphatic carbocycles. The standard InChI is InChI=1S/C13H25NO/c1-10(13(2)6-7-13)14-9-11-4-3-5-12(15)8-11/h10-12,14-15H,3-9H2,1-2H3. The minimum atomic E-state index is -0.0302. The average Bonchev–Trinajstić information content (AvgIpc) is 2.94. The lowest BCUT2D eigenvalue weighted by atomic mass is 9.87. The van der Waals surface area contributed by atoms with Gasteiger partial charge < -0.3 is 10.4 Å². The molecule has 15 heavy (non-hydrogen) atoms. The quantitative estimate of drug-likeness (QED) is 0.748. The molecule has 2 saturated carbocycles. The molecule has 0 aromatic rings. The lowest BCUT2D eigenvalue weighted by Crippen LogP contribution is -2.38. The van der Waals surface area contributed by atoms with Crippen LogP contribution in [-0.2, 0) is 0 Å². The van der Waals surface area contributed by atoms with Crippen LogP contribution < -0.4 is 5.32 Å². The van der Waals surface area contributed by atoms with Crippen molar-refractivity contribution >= 4 is 0 Å². The van der Waals surface area contributed by atoms with Crippen LogP contribution in [0.25, 0.3) is 0 Å². The van der Waals surface area contributed by atoms with Gasteiger partial charge in [0.1, 0.15) is 0 Å². The smallest absolute Gasteiger partial charge is 0.0543 e. The summed E-state index contributed by atoms with van der Waals surface area (Å²) in [6, 6.07) is 0.650. The van der Waals surface area contributed by atoms with Crippen LogP contribution in [0.5, 0.6) is 0 Å². The maximum absolute atomic E-state index is 9.59. The first-order chi connectivity index (χ1) is 7.10. The summed E-state index contributed by atoms with van der Waals surface area (Å²) < 4.78 is 0. The Balaban J connectivity index is 1.68. The molecule has 0 aromatic heterocycles. The van der Waals surface area contributed by atoms with E-state index in [-0.39, 0.29) is 6.10 Å². The molecule has 0 bridgehead atoms. The van der Waals surface area contributed by atoms with Crippen LogP contribution in [0.3, 0.4) is 0 Å². The first kappa shape index (κ1) is 11.4. The van der Waals surface area contributed by atoms with Gasteiger partial charge in [-0.1, -0.05) is 13.3 Å². The predicted molar refractivity (Wildman–Crippen MR) is 62.8 cm³/mol. The normalized spacial score (nSPS) is 36.2. The van der Waals surface area contributed by atoms with Gasteiger partial charge in [0.05, 0.1) is 6.10 Å². The van der Waals surface area contributed by atoms with Gasteiger partial charge in [0.25, 0.3) is 0 Å². The van der Waals surface area contributed by atoms with E-state index in [1.54, 1.807) is 0 Å². The minimum absolute atomic E-state index is 0.0302. The van der Waals surface area contributed by atoms with Gasteiger partial charge in [0.2, 0.25) is 0 Å². The summed E-state index contributed by atoms with van der Waals surface area (Å²) >= 11 is 0. The van der Waals surface area contributed by atoms with Crippen LogP contribution in [0.2, 0.25) is 0 Å². The van der Waals surface area contributed by atoms with Crippen molar-refractivity contribution in [1.29, 1.82) is 0 Å². The highest BCUT2D eigenvalue weighted by atomic mass is 16.3. The third kappa shape index (κ3) is 2.94. The van der Waals surface area contributed by atoms with Gasteiger partial charge in [-0.3, -0.25) is 0 Å². The summed E-state index contributed by atoms with van der Waals surface area (Å²) in [6.45, 7) is 5.79. The van der Waals surface area contributed by atoms with Crippen LogP contribution in [-0.4, -0.2) is 23.8 Å². The van der Waals surface area contributed by atoms with Crippen molar-refractivity contribution < 1.29 is 5.11 Å². The zero-order valence-corrected chi connectivity index (χ0v) is 10.1. The van der Waals surface area contributed by atoms with Crippen molar-refractivity contribution in [3.05, 3.63) is 0 Å². The topological polar surface area (TPSA) is 32.3 Å². The van der Waals surface area contributed by atoms with Crippen molar-refractivity contribution in [2.24, 2.45) is 11.3 Å². The second-order valence-corrected chi connectivity index (χ2v) is 5.97. The summed E-state index contributed by atoms with van der Waals surface area (Å²) in [4.78, 5) is 0. The highest BCUT2D eigenvalue weighted by Crippen LogP contribution is 2.48. The molecule has 2 rings (SSSR count). The maximum atomic E-state index is 9.59. The number of aliphatic hydroxyl groups is 1. The average molecular weight is 211 g/mol. The molecular weight excluding hydrogens is 186 g/mol. The largest absolute Gasteiger partial charge is 0.393 e. The number of hydrogen-bond donors (Lipinski definition) is 2. The van der Waals surface area contributed by atoms with E-state index in [2.05, 4.69) is 19.2 Å². The van der Waals surface area contributed by atoms with Gasteiger partial charge in [-0.15, -0.1) is 0 Å². The number of rotatable bonds is 4. The van der Waals surface area contributed by atoms with E-state index >= 15 is 0 Å². The van der Waals surface area contributed by atoms with Crippen molar-refractivity contribution in [2.45, 2.75) is 64.5 Å². The highest BCUT2D eigenvalue weighted by molar-refractivity contribution is 4.96. The van der Waals surface area contributed by atoms with E-state index in [4.69, 9.17) is 0 Å². The van der Waals surface area contributed by atoms with Crippen LogP contribution in [0.15, 0.2) is 0 Å². The lowest BCUT2D eigenvalue weighted by Gasteiger charge is -2.29. The SMILES string of the molecule is CC(NCC1CCCC(O)C1)C1(C)CC1. The molecule has 0 aromatic carbocycles. The number of nitrogens with one attached hydrogen (secondary N) is 1. The molecule has 0 aliphatic heterocycles. The summed E-state index contributed by atoms with van der Waals surface area (Å²) in [5.41, 5.74) is 0.577. The Labute approximate surface area is 93.5 Å². The molecule has 0 heterocycles. The fourth-order valence-corrected chi connectivity index (χ4v) is 2.67. The molecule has 0 saturated heterocycles. The van der Waals surface area contributed by atoms with Gasteiger partial charge in [0.15, 0.2) is 0 Å². The maximum Gasteiger partial charge on any atom is 0.0543 e. The Morgan fingerprint density at radius 3 is 2.73 bits per heavy atom. The van der Waals surface area contributed by atoms with E-state index in [1.807, 2.05) is 0 Å². The Kier molecular flexibility index (Phi) is 3.36. The number of hydrogen-bond acceptors (Lipinski definition) is 2. The second-order valence-electron chi connectivity index (χ2n) is 5.97. The third-order valence-electron chi connectivity index (χ3n) is 4.55. The zero-order chi connectivity index (χ0) is 10.9. The Morgan fingerprint density at radius 2 is 2.13 bits per heavy atom. The van der Waals surface area contributed by atoms with Crippen LogP contribution in [0, 0.1) is 11.3 Å². The fraction of sp³-hybridized carbons (Fsp3) is 1.00. The van der Waals surface area contributed by atoms with E-state index in [9.17, 15) is 5.11 Å². The van der Waals surface area contributed by atoms with Gasteiger partial charge in [0, 0.05) is 6.04 Å². The summed E-state index contributed by atoms with van der Waals surface area (Å²) in [5.74, 6) is 0.707. The molecule has 88 valence electrons. The summed E-state index contributed by atoms with van der Waals surface area (Å²) in [6.07, 6.45) is 7.27. The zero-order valence-electron chi connectivity index (χ0n) is 10.1. The third-order valence-corrected chi connectivity index (χ3v) is 4.55. The minimum Gasteiger partial charge on any atom is -0.393 e. The van der Waals surface area contributed by atoms with Crippen molar-refractivity contribution in [3.63, 3.8) is 0 Å². The molecule has 0 amide bonds. The van der Waals surface area contributed by atoms with Gasteiger partial charge in [-0.05, 0) is 56.9 Å². The number of aliphatic hydroxyl groups excluding tert-OH is 1. The molecule has 0 radical (unpaired) electrons. The van der Waals surface area contributed by atoms with Gasteiger partial charge in [-0.2, -0.15) is 0 Å². The van der Waals surface area contributed by atoms with E-state index in [0.717, 1.165) is 19.4 Å². The van der Waals surface area contributed by atoms with Gasteiger partial charge >= 0.3 is 0 Å². The molecule has 2 heteroatoms. The van der Waals surface area contributed by atoms with E-state index in [1.165, 1.54) is 25.7 Å². The highest BCUT2D eigenvalue weighted by Gasteiger charge is 2.42. The predicted octanol–water partition coefficient (Wildman–Crippen LogP) is 2.32. The summed E-state index contributed by atoms with van der Waals surface area (Å²) in [7, 11) is 0. The van der Waals surface area contributed by atoms with Crippen LogP contribution in [0.1, 0.15) is 52.4 Å².